The number of hydrogen-bond acceptors (Lipinski definition) is 7. The number of benzene rings is 1. The molecule has 1 aliphatic rings. The molecule has 1 N–H and O–H groups in total. The maximum Gasteiger partial charge on any atom is 0.418 e. The molecule has 1 amide bonds. The van der Waals surface area contributed by atoms with E-state index in [0.29, 0.717) is 25.5 Å². The zero-order valence-corrected chi connectivity index (χ0v) is 23.0. The number of hydrogen-bond donors (Lipinski definition) is 1. The van der Waals surface area contributed by atoms with Crippen molar-refractivity contribution in [2.24, 2.45) is 0 Å². The van der Waals surface area contributed by atoms with Crippen LogP contribution in [0.15, 0.2) is 55.0 Å². The maximum atomic E-state index is 15.1. The van der Waals surface area contributed by atoms with Gasteiger partial charge in [-0.3, -0.25) is 9.78 Å². The fraction of sp³-hybridized carbons (Fsp3) is 0.310. The van der Waals surface area contributed by atoms with Gasteiger partial charge in [0.1, 0.15) is 28.9 Å². The zero-order chi connectivity index (χ0) is 30.9. The summed E-state index contributed by atoms with van der Waals surface area (Å²) in [5.74, 6) is -4.33. The summed E-state index contributed by atoms with van der Waals surface area (Å²) in [6.45, 7) is 3.01. The van der Waals surface area contributed by atoms with E-state index >= 15 is 8.78 Å². The monoisotopic (exact) mass is 603 g/mol. The summed E-state index contributed by atoms with van der Waals surface area (Å²) in [5, 5.41) is 2.33. The van der Waals surface area contributed by atoms with Crippen LogP contribution in [0.4, 0.5) is 27.6 Å². The third-order valence-corrected chi connectivity index (χ3v) is 7.16. The van der Waals surface area contributed by atoms with Crippen molar-refractivity contribution in [2.45, 2.75) is 31.6 Å². The first-order chi connectivity index (χ1) is 20.5. The number of halogens is 5. The topological polar surface area (TPSA) is 98.1 Å². The van der Waals surface area contributed by atoms with E-state index in [4.69, 9.17) is 9.47 Å². The second-order valence-corrected chi connectivity index (χ2v) is 9.91. The number of carbonyl (C=O) groups is 2. The minimum atomic E-state index is -4.67. The van der Waals surface area contributed by atoms with Crippen molar-refractivity contribution >= 4 is 23.2 Å². The molecule has 1 aliphatic heterocycles. The molecule has 4 heterocycles. The van der Waals surface area contributed by atoms with Crippen molar-refractivity contribution in [1.29, 1.82) is 0 Å². The fourth-order valence-corrected chi connectivity index (χ4v) is 5.10. The molecule has 0 saturated carbocycles. The van der Waals surface area contributed by atoms with Crippen molar-refractivity contribution in [3.05, 3.63) is 83.4 Å². The number of nitrogens with one attached hydrogen (secondary N) is 1. The third kappa shape index (κ3) is 6.00. The van der Waals surface area contributed by atoms with Crippen LogP contribution in [0, 0.1) is 11.6 Å². The van der Waals surface area contributed by atoms with Crippen LogP contribution in [0.1, 0.15) is 28.5 Å². The summed E-state index contributed by atoms with van der Waals surface area (Å²) in [6.07, 6.45) is -0.869. The van der Waals surface area contributed by atoms with Crippen molar-refractivity contribution in [3.63, 3.8) is 0 Å². The van der Waals surface area contributed by atoms with Crippen LogP contribution >= 0.6 is 0 Å². The first-order valence-electron chi connectivity index (χ1n) is 13.2. The Kier molecular flexibility index (Phi) is 8.31. The highest BCUT2D eigenvalue weighted by molar-refractivity contribution is 5.97. The van der Waals surface area contributed by atoms with E-state index in [1.165, 1.54) is 41.2 Å². The highest BCUT2D eigenvalue weighted by Gasteiger charge is 2.35. The number of carbonyl (C=O) groups excluding carboxylic acids is 2. The van der Waals surface area contributed by atoms with Gasteiger partial charge in [0.05, 0.1) is 31.6 Å². The summed E-state index contributed by atoms with van der Waals surface area (Å²) in [6, 6.07) is 5.45. The van der Waals surface area contributed by atoms with Crippen molar-refractivity contribution in [3.8, 4) is 11.3 Å². The predicted octanol–water partition coefficient (Wildman–Crippen LogP) is 4.43. The molecule has 0 spiro atoms. The Hall–Kier alpha value is -4.59. The van der Waals surface area contributed by atoms with Gasteiger partial charge in [-0.2, -0.15) is 13.2 Å². The molecular weight excluding hydrogens is 577 g/mol. The van der Waals surface area contributed by atoms with Gasteiger partial charge in [0, 0.05) is 54.5 Å². The molecule has 1 saturated heterocycles. The van der Waals surface area contributed by atoms with Crippen LogP contribution in [-0.2, 0) is 26.9 Å². The molecule has 14 heteroatoms. The number of amides is 1. The lowest BCUT2D eigenvalue weighted by Gasteiger charge is -2.35. The van der Waals surface area contributed by atoms with Gasteiger partial charge in [0.25, 0.3) is 5.91 Å². The van der Waals surface area contributed by atoms with Crippen molar-refractivity contribution in [1.82, 2.24) is 19.7 Å². The highest BCUT2D eigenvalue weighted by atomic mass is 19.4. The number of morpholine rings is 1. The van der Waals surface area contributed by atoms with Crippen molar-refractivity contribution in [2.75, 3.05) is 31.8 Å². The summed E-state index contributed by atoms with van der Waals surface area (Å²) in [4.78, 5) is 35.6. The van der Waals surface area contributed by atoms with Crippen LogP contribution in [0.3, 0.4) is 0 Å². The van der Waals surface area contributed by atoms with Gasteiger partial charge in [-0.15, -0.1) is 0 Å². The Morgan fingerprint density at radius 3 is 2.56 bits per heavy atom. The zero-order valence-electron chi connectivity index (χ0n) is 23.0. The van der Waals surface area contributed by atoms with Gasteiger partial charge in [-0.05, 0) is 43.3 Å². The lowest BCUT2D eigenvalue weighted by Crippen LogP contribution is -2.44. The maximum absolute atomic E-state index is 15.1. The first-order valence-corrected chi connectivity index (χ1v) is 13.2. The van der Waals surface area contributed by atoms with E-state index in [2.05, 4.69) is 15.3 Å². The van der Waals surface area contributed by atoms with Crippen LogP contribution in [0.25, 0.3) is 16.9 Å². The normalized spacial score (nSPS) is 16.3. The summed E-state index contributed by atoms with van der Waals surface area (Å²) in [5.41, 5.74) is -1.38. The van der Waals surface area contributed by atoms with E-state index in [-0.39, 0.29) is 35.1 Å². The average molecular weight is 604 g/mol. The smallest absolute Gasteiger partial charge is 0.418 e. The highest BCUT2D eigenvalue weighted by Crippen LogP contribution is 2.37. The number of rotatable bonds is 7. The van der Waals surface area contributed by atoms with E-state index in [1.54, 1.807) is 4.90 Å². The first kappa shape index (κ1) is 29.9. The van der Waals surface area contributed by atoms with Crippen LogP contribution in [-0.4, -0.2) is 65.2 Å². The lowest BCUT2D eigenvalue weighted by molar-refractivity contribution is -0.143. The van der Waals surface area contributed by atoms with Gasteiger partial charge < -0.3 is 24.1 Å². The molecule has 1 fully saturated rings. The average Bonchev–Trinajstić information content (AvgIpc) is 3.46. The van der Waals surface area contributed by atoms with Gasteiger partial charge >= 0.3 is 12.1 Å². The summed E-state index contributed by atoms with van der Waals surface area (Å²) < 4.78 is 82.9. The van der Waals surface area contributed by atoms with Crippen molar-refractivity contribution < 1.29 is 41.0 Å². The SMILES string of the molecule is COC(=O)[C@H](Cc1ccc(-c2ncccc2C(F)(F)F)c2nccn12)NC(=O)c1c(F)cc(N2CCOC[C@@H]2C)cc1F. The van der Waals surface area contributed by atoms with Crippen LogP contribution < -0.4 is 10.2 Å². The minimum Gasteiger partial charge on any atom is -0.467 e. The number of nitrogens with zero attached hydrogens (tertiary/aromatic N) is 4. The number of methoxy groups -OCH3 is 1. The lowest BCUT2D eigenvalue weighted by atomic mass is 10.0. The molecule has 1 aromatic carbocycles. The third-order valence-electron chi connectivity index (χ3n) is 7.16. The molecule has 2 atom stereocenters. The predicted molar refractivity (Wildman–Crippen MR) is 144 cm³/mol. The number of alkyl halides is 3. The van der Waals surface area contributed by atoms with Gasteiger partial charge in [-0.25, -0.2) is 18.6 Å². The van der Waals surface area contributed by atoms with E-state index in [9.17, 15) is 22.8 Å². The number of aromatic nitrogens is 3. The number of anilines is 1. The van der Waals surface area contributed by atoms with Crippen LogP contribution in [0.2, 0.25) is 0 Å². The summed E-state index contributed by atoms with van der Waals surface area (Å²) in [7, 11) is 1.08. The Balaban J connectivity index is 1.44. The fourth-order valence-electron chi connectivity index (χ4n) is 5.10. The van der Waals surface area contributed by atoms with Gasteiger partial charge in [0.2, 0.25) is 0 Å². The Morgan fingerprint density at radius 1 is 1.14 bits per heavy atom. The van der Waals surface area contributed by atoms with E-state index < -0.39 is 46.9 Å². The minimum absolute atomic E-state index is 0.0825. The second kappa shape index (κ2) is 12.0. The Morgan fingerprint density at radius 2 is 1.88 bits per heavy atom. The Labute approximate surface area is 242 Å². The van der Waals surface area contributed by atoms with Gasteiger partial charge in [-0.1, -0.05) is 0 Å². The largest absolute Gasteiger partial charge is 0.467 e. The van der Waals surface area contributed by atoms with Crippen LogP contribution in [0.5, 0.6) is 0 Å². The van der Waals surface area contributed by atoms with E-state index in [1.807, 2.05) is 6.92 Å². The van der Waals surface area contributed by atoms with E-state index in [0.717, 1.165) is 25.3 Å². The molecule has 0 aliphatic carbocycles. The standard InChI is InChI=1S/C29H26F5N5O4/c1-16-15-43-11-10-38(16)18-12-21(30)24(22(31)13-18)27(40)37-23(28(41)42-2)14-17-5-6-19(26-36-8-9-39(17)26)25-20(29(32,33)34)4-3-7-35-25/h3-9,12-13,16,23H,10-11,14-15H2,1-2H3,(H,37,40)/t16-,23-/m0/s1. The number of imidazole rings is 1. The Bertz CT molecular complexity index is 1650. The van der Waals surface area contributed by atoms with Gasteiger partial charge in [0.15, 0.2) is 0 Å². The molecule has 0 unspecified atom stereocenters. The molecule has 4 aromatic rings. The second-order valence-electron chi connectivity index (χ2n) is 9.91. The summed E-state index contributed by atoms with van der Waals surface area (Å²) >= 11 is 0. The number of fused-ring (bicyclic) bond motifs is 1. The molecule has 0 radical (unpaired) electrons. The number of pyridine rings is 2. The molecule has 43 heavy (non-hydrogen) atoms. The molecule has 3 aromatic heterocycles. The molecular formula is C29H26F5N5O4. The molecule has 9 nitrogen and oxygen atoms in total. The molecule has 5 rings (SSSR count). The molecule has 0 bridgehead atoms. The number of ether oxygens (including phenoxy) is 2. The number of esters is 1. The quantitative estimate of drug-likeness (QED) is 0.247. The molecule has 226 valence electrons.